The molecule has 1 spiro atoms. The Kier molecular flexibility index (Phi) is 5.29. The molecule has 5 atom stereocenters. The average molecular weight is 438 g/mol. The first-order valence-electron chi connectivity index (χ1n) is 9.72. The van der Waals surface area contributed by atoms with Gasteiger partial charge in [0.15, 0.2) is 0 Å². The lowest BCUT2D eigenvalue weighted by Crippen LogP contribution is -2.52. The lowest BCUT2D eigenvalue weighted by Gasteiger charge is -2.34. The molecule has 3 aliphatic rings. The lowest BCUT2D eigenvalue weighted by molar-refractivity contribution is -0.139. The summed E-state index contributed by atoms with van der Waals surface area (Å²) in [4.78, 5) is 40.8. The van der Waals surface area contributed by atoms with Crippen molar-refractivity contribution in [3.63, 3.8) is 0 Å². The maximum Gasteiger partial charge on any atom is 0.248 e. The van der Waals surface area contributed by atoms with Crippen molar-refractivity contribution >= 4 is 46.8 Å². The van der Waals surface area contributed by atoms with Gasteiger partial charge in [0.25, 0.3) is 0 Å². The second-order valence-corrected chi connectivity index (χ2v) is 9.85. The van der Waals surface area contributed by atoms with Gasteiger partial charge < -0.3 is 20.6 Å². The van der Waals surface area contributed by atoms with Crippen LogP contribution >= 0.6 is 23.4 Å². The molecular formula is C20H24ClN3O4S. The molecule has 3 heterocycles. The number of likely N-dealkylation sites (tertiary alicyclic amines) is 1. The van der Waals surface area contributed by atoms with Gasteiger partial charge in [-0.15, -0.1) is 11.8 Å². The quantitative estimate of drug-likeness (QED) is 0.647. The number of aryl methyl sites for hydroxylation is 1. The van der Waals surface area contributed by atoms with E-state index in [1.165, 1.54) is 4.90 Å². The van der Waals surface area contributed by atoms with Crippen molar-refractivity contribution in [2.45, 2.75) is 35.8 Å². The van der Waals surface area contributed by atoms with E-state index in [-0.39, 0.29) is 36.1 Å². The molecule has 2 bridgehead atoms. The second-order valence-electron chi connectivity index (χ2n) is 7.85. The number of fused-ring (bicyclic) bond motifs is 1. The number of hydrogen-bond donors (Lipinski definition) is 3. The fourth-order valence-corrected chi connectivity index (χ4v) is 7.74. The topological polar surface area (TPSA) is 98.7 Å². The number of hydrogen-bond acceptors (Lipinski definition) is 5. The minimum atomic E-state index is -0.757. The number of nitrogens with one attached hydrogen (secondary N) is 2. The van der Waals surface area contributed by atoms with Crippen LogP contribution in [0.5, 0.6) is 0 Å². The first-order chi connectivity index (χ1) is 13.9. The number of thioether (sulfide) groups is 1. The predicted octanol–water partition coefficient (Wildman–Crippen LogP) is 1.42. The third-order valence-electron chi connectivity index (χ3n) is 6.41. The van der Waals surface area contributed by atoms with E-state index in [1.807, 2.05) is 19.1 Å². The van der Waals surface area contributed by atoms with Crippen molar-refractivity contribution < 1.29 is 19.5 Å². The molecule has 3 aliphatic heterocycles. The molecular weight excluding hydrogens is 414 g/mol. The molecule has 4 rings (SSSR count). The number of carbonyl (C=O) groups excluding carboxylic acids is 3. The molecule has 3 fully saturated rings. The van der Waals surface area contributed by atoms with Crippen molar-refractivity contribution in [2.75, 3.05) is 25.5 Å². The van der Waals surface area contributed by atoms with Crippen LogP contribution in [0, 0.1) is 18.8 Å². The predicted molar refractivity (Wildman–Crippen MR) is 112 cm³/mol. The molecule has 7 nitrogen and oxygen atoms in total. The zero-order valence-corrected chi connectivity index (χ0v) is 17.8. The molecule has 2 unspecified atom stereocenters. The molecule has 0 aromatic heterocycles. The molecule has 3 saturated heterocycles. The Morgan fingerprint density at radius 3 is 2.79 bits per heavy atom. The minimum absolute atomic E-state index is 0.0255. The van der Waals surface area contributed by atoms with Crippen molar-refractivity contribution in [1.82, 2.24) is 10.2 Å². The SMILES string of the molecule is CNC(=O)[C@@H]1[C@H]2C(=O)N(CCO)C(C(=O)Nc3c(C)cccc3Cl)C23CC[C@H]1S3. The number of β-amino-alcohol motifs (C(OH)–C–C–N with tert-alkyl or cyclic N) is 1. The van der Waals surface area contributed by atoms with Crippen molar-refractivity contribution in [1.29, 1.82) is 0 Å². The maximum atomic E-state index is 13.5. The maximum absolute atomic E-state index is 13.5. The Labute approximate surface area is 178 Å². The second kappa shape index (κ2) is 7.49. The zero-order valence-electron chi connectivity index (χ0n) is 16.3. The monoisotopic (exact) mass is 437 g/mol. The van der Waals surface area contributed by atoms with Crippen LogP contribution in [0.15, 0.2) is 18.2 Å². The van der Waals surface area contributed by atoms with E-state index in [1.54, 1.807) is 24.9 Å². The van der Waals surface area contributed by atoms with Crippen LogP contribution in [0.2, 0.25) is 5.02 Å². The van der Waals surface area contributed by atoms with Gasteiger partial charge in [-0.1, -0.05) is 23.7 Å². The van der Waals surface area contributed by atoms with Gasteiger partial charge in [-0.3, -0.25) is 14.4 Å². The first-order valence-corrected chi connectivity index (χ1v) is 11.0. The van der Waals surface area contributed by atoms with Crippen molar-refractivity contribution in [3.8, 4) is 0 Å². The van der Waals surface area contributed by atoms with E-state index in [9.17, 15) is 19.5 Å². The van der Waals surface area contributed by atoms with Gasteiger partial charge in [0.2, 0.25) is 17.7 Å². The van der Waals surface area contributed by atoms with Gasteiger partial charge >= 0.3 is 0 Å². The normalized spacial score (nSPS) is 32.4. The van der Waals surface area contributed by atoms with Crippen molar-refractivity contribution in [2.24, 2.45) is 11.8 Å². The fraction of sp³-hybridized carbons (Fsp3) is 0.550. The Morgan fingerprint density at radius 1 is 1.38 bits per heavy atom. The number of carbonyl (C=O) groups is 3. The molecule has 9 heteroatoms. The van der Waals surface area contributed by atoms with Gasteiger partial charge in [0.05, 0.1) is 33.9 Å². The third kappa shape index (κ3) is 2.95. The number of aliphatic hydroxyl groups excluding tert-OH is 1. The van der Waals surface area contributed by atoms with E-state index < -0.39 is 22.6 Å². The number of nitrogens with zero attached hydrogens (tertiary/aromatic N) is 1. The Bertz CT molecular complexity index is 861. The molecule has 29 heavy (non-hydrogen) atoms. The van der Waals surface area contributed by atoms with E-state index in [0.717, 1.165) is 12.0 Å². The van der Waals surface area contributed by atoms with Crippen LogP contribution in [-0.4, -0.2) is 64.0 Å². The number of rotatable bonds is 5. The van der Waals surface area contributed by atoms with Crippen LogP contribution in [0.1, 0.15) is 18.4 Å². The highest BCUT2D eigenvalue weighted by molar-refractivity contribution is 8.02. The summed E-state index contributed by atoms with van der Waals surface area (Å²) in [5, 5.41) is 15.6. The molecule has 3 N–H and O–H groups in total. The standard InChI is InChI=1S/C20H24ClN3O4S/c1-10-4-3-5-11(21)15(10)23-18(27)16-20-7-6-12(29-20)13(17(26)22-2)14(20)19(28)24(16)8-9-25/h3-5,12-14,16,25H,6-9H2,1-2H3,(H,22,26)(H,23,27)/t12-,13+,14+,16?,20?/m1/s1. The van der Waals surface area contributed by atoms with Crippen LogP contribution < -0.4 is 10.6 Å². The van der Waals surface area contributed by atoms with Crippen molar-refractivity contribution in [3.05, 3.63) is 28.8 Å². The number of halogens is 1. The van der Waals surface area contributed by atoms with Gasteiger partial charge in [0, 0.05) is 18.8 Å². The number of benzene rings is 1. The lowest BCUT2D eigenvalue weighted by atomic mass is 9.70. The van der Waals surface area contributed by atoms with Crippen LogP contribution in [0.4, 0.5) is 5.69 Å². The summed E-state index contributed by atoms with van der Waals surface area (Å²) in [6.45, 7) is 1.66. The van der Waals surface area contributed by atoms with E-state index in [0.29, 0.717) is 17.1 Å². The smallest absolute Gasteiger partial charge is 0.248 e. The Balaban J connectivity index is 1.72. The van der Waals surface area contributed by atoms with E-state index >= 15 is 0 Å². The molecule has 1 aromatic rings. The highest BCUT2D eigenvalue weighted by atomic mass is 35.5. The summed E-state index contributed by atoms with van der Waals surface area (Å²) < 4.78 is -0.659. The third-order valence-corrected chi connectivity index (χ3v) is 8.68. The van der Waals surface area contributed by atoms with Gasteiger partial charge in [-0.25, -0.2) is 0 Å². The summed E-state index contributed by atoms with van der Waals surface area (Å²) in [7, 11) is 1.57. The summed E-state index contributed by atoms with van der Waals surface area (Å²) in [6.07, 6.45) is 1.47. The van der Waals surface area contributed by atoms with Crippen LogP contribution in [0.25, 0.3) is 0 Å². The number of anilines is 1. The van der Waals surface area contributed by atoms with E-state index in [2.05, 4.69) is 10.6 Å². The number of amides is 3. The van der Waals surface area contributed by atoms with E-state index in [4.69, 9.17) is 11.6 Å². The average Bonchev–Trinajstić information content (AvgIpc) is 3.32. The largest absolute Gasteiger partial charge is 0.395 e. The van der Waals surface area contributed by atoms with Gasteiger partial charge in [0.1, 0.15) is 6.04 Å². The molecule has 0 radical (unpaired) electrons. The van der Waals surface area contributed by atoms with Crippen LogP contribution in [-0.2, 0) is 14.4 Å². The molecule has 3 amide bonds. The number of para-hydroxylation sites is 1. The summed E-state index contributed by atoms with van der Waals surface area (Å²) in [5.74, 6) is -1.71. The molecule has 0 saturated carbocycles. The molecule has 1 aromatic carbocycles. The highest BCUT2D eigenvalue weighted by Crippen LogP contribution is 2.66. The highest BCUT2D eigenvalue weighted by Gasteiger charge is 2.73. The Morgan fingerprint density at radius 2 is 2.14 bits per heavy atom. The Hall–Kier alpha value is -1.77. The zero-order chi connectivity index (χ0) is 20.9. The summed E-state index contributed by atoms with van der Waals surface area (Å²) in [5.41, 5.74) is 1.35. The first kappa shape index (κ1) is 20.5. The molecule has 0 aliphatic carbocycles. The van der Waals surface area contributed by atoms with Crippen LogP contribution in [0.3, 0.4) is 0 Å². The minimum Gasteiger partial charge on any atom is -0.395 e. The summed E-state index contributed by atoms with van der Waals surface area (Å²) in [6, 6.07) is 4.61. The summed E-state index contributed by atoms with van der Waals surface area (Å²) >= 11 is 7.88. The number of aliphatic hydroxyl groups is 1. The molecule has 156 valence electrons. The van der Waals surface area contributed by atoms with Gasteiger partial charge in [-0.2, -0.15) is 0 Å². The van der Waals surface area contributed by atoms with Gasteiger partial charge in [-0.05, 0) is 31.4 Å². The fourth-order valence-electron chi connectivity index (χ4n) is 5.25.